The van der Waals surface area contributed by atoms with Gasteiger partial charge >= 0.3 is 6.03 Å². The van der Waals surface area contributed by atoms with Crippen molar-refractivity contribution in [2.24, 2.45) is 5.92 Å². The molecule has 6 nitrogen and oxygen atoms in total. The van der Waals surface area contributed by atoms with Gasteiger partial charge in [0.1, 0.15) is 12.6 Å². The van der Waals surface area contributed by atoms with E-state index in [-0.39, 0.29) is 24.4 Å². The first-order valence-electron chi connectivity index (χ1n) is 8.82. The highest BCUT2D eigenvalue weighted by molar-refractivity contribution is 6.06. The van der Waals surface area contributed by atoms with Crippen LogP contribution in [0.15, 0.2) is 30.3 Å². The van der Waals surface area contributed by atoms with Crippen LogP contribution in [0.4, 0.5) is 4.79 Å². The molecule has 0 saturated carbocycles. The van der Waals surface area contributed by atoms with Crippen molar-refractivity contribution < 1.29 is 14.4 Å². The van der Waals surface area contributed by atoms with E-state index < -0.39 is 12.1 Å². The summed E-state index contributed by atoms with van der Waals surface area (Å²) in [6.45, 7) is 5.68. The van der Waals surface area contributed by atoms with Gasteiger partial charge in [-0.15, -0.1) is 0 Å². The number of benzene rings is 1. The SMILES string of the molecule is CC(C)C[C@@H]1NC(=O)N(CC(=O)N[C@H](C)CCc2ccccc2)C1=O. The number of hydrogen-bond acceptors (Lipinski definition) is 3. The van der Waals surface area contributed by atoms with Crippen molar-refractivity contribution >= 4 is 17.8 Å². The lowest BCUT2D eigenvalue weighted by molar-refractivity contribution is -0.132. The van der Waals surface area contributed by atoms with Crippen molar-refractivity contribution in [2.45, 2.75) is 52.1 Å². The van der Waals surface area contributed by atoms with Crippen LogP contribution in [0, 0.1) is 5.92 Å². The Bertz CT molecular complexity index is 616. The summed E-state index contributed by atoms with van der Waals surface area (Å²) in [6, 6.07) is 9.03. The first-order valence-corrected chi connectivity index (χ1v) is 8.82. The molecule has 2 rings (SSSR count). The summed E-state index contributed by atoms with van der Waals surface area (Å²) in [7, 11) is 0. The van der Waals surface area contributed by atoms with Crippen LogP contribution in [-0.4, -0.2) is 41.4 Å². The first kappa shape index (κ1) is 19.0. The molecule has 0 aliphatic carbocycles. The Morgan fingerprint density at radius 2 is 1.88 bits per heavy atom. The minimum atomic E-state index is -0.518. The van der Waals surface area contributed by atoms with Crippen LogP contribution in [0.3, 0.4) is 0 Å². The van der Waals surface area contributed by atoms with Crippen LogP contribution < -0.4 is 10.6 Å². The maximum absolute atomic E-state index is 12.2. The Hall–Kier alpha value is -2.37. The van der Waals surface area contributed by atoms with Crippen LogP contribution in [0.1, 0.15) is 39.2 Å². The standard InChI is InChI=1S/C19H27N3O3/c1-13(2)11-16-18(24)22(19(25)21-16)12-17(23)20-14(3)9-10-15-7-5-4-6-8-15/h4-8,13-14,16H,9-12H2,1-3H3,(H,20,23)(H,21,25)/t14-,16+/m1/s1. The molecule has 0 spiro atoms. The summed E-state index contributed by atoms with van der Waals surface area (Å²) < 4.78 is 0. The maximum Gasteiger partial charge on any atom is 0.325 e. The summed E-state index contributed by atoms with van der Waals surface area (Å²) in [4.78, 5) is 37.3. The maximum atomic E-state index is 12.2. The molecule has 1 aliphatic rings. The van der Waals surface area contributed by atoms with Gasteiger partial charge in [0.25, 0.3) is 5.91 Å². The summed E-state index contributed by atoms with van der Waals surface area (Å²) in [5.41, 5.74) is 1.22. The number of imide groups is 1. The van der Waals surface area contributed by atoms with Crippen molar-refractivity contribution in [2.75, 3.05) is 6.54 Å². The number of urea groups is 1. The molecule has 1 fully saturated rings. The normalized spacial score (nSPS) is 18.4. The van der Waals surface area contributed by atoms with Crippen LogP contribution >= 0.6 is 0 Å². The lowest BCUT2D eigenvalue weighted by atomic mass is 10.0. The average Bonchev–Trinajstić information content (AvgIpc) is 2.81. The van der Waals surface area contributed by atoms with Gasteiger partial charge in [-0.2, -0.15) is 0 Å². The molecule has 1 saturated heterocycles. The highest BCUT2D eigenvalue weighted by Crippen LogP contribution is 2.14. The third-order valence-electron chi connectivity index (χ3n) is 4.23. The predicted molar refractivity (Wildman–Crippen MR) is 95.9 cm³/mol. The van der Waals surface area contributed by atoms with Crippen molar-refractivity contribution in [3.05, 3.63) is 35.9 Å². The van der Waals surface area contributed by atoms with Crippen LogP contribution in [-0.2, 0) is 16.0 Å². The highest BCUT2D eigenvalue weighted by Gasteiger charge is 2.39. The molecule has 1 aromatic carbocycles. The summed E-state index contributed by atoms with van der Waals surface area (Å²) in [6.07, 6.45) is 2.24. The summed E-state index contributed by atoms with van der Waals surface area (Å²) in [5, 5.41) is 5.51. The molecule has 1 aromatic rings. The molecule has 2 N–H and O–H groups in total. The Kier molecular flexibility index (Phi) is 6.56. The fourth-order valence-corrected chi connectivity index (χ4v) is 2.92. The zero-order chi connectivity index (χ0) is 18.4. The number of nitrogens with zero attached hydrogens (tertiary/aromatic N) is 1. The van der Waals surface area contributed by atoms with Crippen molar-refractivity contribution in [1.82, 2.24) is 15.5 Å². The van der Waals surface area contributed by atoms with Gasteiger partial charge in [-0.3, -0.25) is 14.5 Å². The Balaban J connectivity index is 1.79. The smallest absolute Gasteiger partial charge is 0.325 e. The molecule has 0 bridgehead atoms. The van der Waals surface area contributed by atoms with Gasteiger partial charge in [0.05, 0.1) is 0 Å². The van der Waals surface area contributed by atoms with Crippen molar-refractivity contribution in [3.63, 3.8) is 0 Å². The molecule has 2 atom stereocenters. The molecular formula is C19H27N3O3. The number of rotatable bonds is 8. The monoisotopic (exact) mass is 345 g/mol. The minimum Gasteiger partial charge on any atom is -0.352 e. The average molecular weight is 345 g/mol. The van der Waals surface area contributed by atoms with E-state index in [4.69, 9.17) is 0 Å². The van der Waals surface area contributed by atoms with E-state index in [2.05, 4.69) is 22.8 Å². The third-order valence-corrected chi connectivity index (χ3v) is 4.23. The molecule has 6 heteroatoms. The topological polar surface area (TPSA) is 78.5 Å². The number of carbonyl (C=O) groups is 3. The van der Waals surface area contributed by atoms with Gasteiger partial charge in [0.15, 0.2) is 0 Å². The Morgan fingerprint density at radius 1 is 1.20 bits per heavy atom. The largest absolute Gasteiger partial charge is 0.352 e. The predicted octanol–water partition coefficient (Wildman–Crippen LogP) is 2.09. The van der Waals surface area contributed by atoms with Gasteiger partial charge in [-0.25, -0.2) is 4.79 Å². The molecule has 136 valence electrons. The Labute approximate surface area is 149 Å². The molecule has 0 aromatic heterocycles. The highest BCUT2D eigenvalue weighted by atomic mass is 16.2. The van der Waals surface area contributed by atoms with E-state index in [1.165, 1.54) is 5.56 Å². The molecule has 4 amide bonds. The van der Waals surface area contributed by atoms with Crippen molar-refractivity contribution in [3.8, 4) is 0 Å². The number of aryl methyl sites for hydroxylation is 1. The number of carbonyl (C=O) groups excluding carboxylic acids is 3. The van der Waals surface area contributed by atoms with Gasteiger partial charge in [-0.05, 0) is 37.7 Å². The van der Waals surface area contributed by atoms with E-state index in [9.17, 15) is 14.4 Å². The number of nitrogens with one attached hydrogen (secondary N) is 2. The lowest BCUT2D eigenvalue weighted by Gasteiger charge is -2.17. The van der Waals surface area contributed by atoms with Crippen LogP contribution in [0.25, 0.3) is 0 Å². The lowest BCUT2D eigenvalue weighted by Crippen LogP contribution is -2.44. The number of hydrogen-bond donors (Lipinski definition) is 2. The second-order valence-electron chi connectivity index (χ2n) is 7.05. The van der Waals surface area contributed by atoms with Gasteiger partial charge in [-0.1, -0.05) is 44.2 Å². The van der Waals surface area contributed by atoms with Crippen LogP contribution in [0.5, 0.6) is 0 Å². The van der Waals surface area contributed by atoms with E-state index in [1.54, 1.807) is 0 Å². The van der Waals surface area contributed by atoms with E-state index in [0.717, 1.165) is 17.7 Å². The second-order valence-corrected chi connectivity index (χ2v) is 7.05. The third kappa shape index (κ3) is 5.59. The Morgan fingerprint density at radius 3 is 2.52 bits per heavy atom. The van der Waals surface area contributed by atoms with E-state index in [1.807, 2.05) is 39.0 Å². The fraction of sp³-hybridized carbons (Fsp3) is 0.526. The molecule has 25 heavy (non-hydrogen) atoms. The molecule has 1 heterocycles. The van der Waals surface area contributed by atoms with E-state index >= 15 is 0 Å². The van der Waals surface area contributed by atoms with Crippen LogP contribution in [0.2, 0.25) is 0 Å². The fourth-order valence-electron chi connectivity index (χ4n) is 2.92. The van der Waals surface area contributed by atoms with E-state index in [0.29, 0.717) is 12.3 Å². The second kappa shape index (κ2) is 8.65. The zero-order valence-electron chi connectivity index (χ0n) is 15.1. The quantitative estimate of drug-likeness (QED) is 0.708. The molecule has 0 unspecified atom stereocenters. The zero-order valence-corrected chi connectivity index (χ0v) is 15.1. The van der Waals surface area contributed by atoms with Gasteiger partial charge in [0.2, 0.25) is 5.91 Å². The van der Waals surface area contributed by atoms with Gasteiger partial charge < -0.3 is 10.6 Å². The summed E-state index contributed by atoms with van der Waals surface area (Å²) in [5.74, 6) is -0.332. The summed E-state index contributed by atoms with van der Waals surface area (Å²) >= 11 is 0. The minimum absolute atomic E-state index is 0.0278. The molecular weight excluding hydrogens is 318 g/mol. The van der Waals surface area contributed by atoms with Gasteiger partial charge in [0, 0.05) is 6.04 Å². The molecule has 0 radical (unpaired) electrons. The first-order chi connectivity index (χ1) is 11.9. The number of amides is 4. The molecule has 1 aliphatic heterocycles. The van der Waals surface area contributed by atoms with Crippen molar-refractivity contribution in [1.29, 1.82) is 0 Å².